The Kier molecular flexibility index (Phi) is 5.05. The fourth-order valence-corrected chi connectivity index (χ4v) is 2.42. The van der Waals surface area contributed by atoms with Gasteiger partial charge in [0, 0.05) is 38.4 Å². The van der Waals surface area contributed by atoms with Crippen LogP contribution < -0.4 is 0 Å². The molecule has 1 saturated heterocycles. The molecule has 1 aromatic carbocycles. The van der Waals surface area contributed by atoms with Crippen molar-refractivity contribution < 1.29 is 14.4 Å². The number of aryl methyl sites for hydroxylation is 1. The summed E-state index contributed by atoms with van der Waals surface area (Å²) in [6.45, 7) is 5.32. The number of nitrogens with zero attached hydrogens (tertiary/aromatic N) is 2. The molecule has 20 heavy (non-hydrogen) atoms. The molecule has 0 N–H and O–H groups in total. The summed E-state index contributed by atoms with van der Waals surface area (Å²) >= 11 is 0. The van der Waals surface area contributed by atoms with E-state index < -0.39 is 0 Å². The number of ether oxygens (including phenoxy) is 2. The van der Waals surface area contributed by atoms with Gasteiger partial charge in [-0.1, -0.05) is 12.1 Å². The van der Waals surface area contributed by atoms with Gasteiger partial charge in [-0.2, -0.15) is 0 Å². The van der Waals surface area contributed by atoms with E-state index in [4.69, 9.17) is 9.47 Å². The van der Waals surface area contributed by atoms with Gasteiger partial charge in [0.25, 0.3) is 5.69 Å². The first kappa shape index (κ1) is 14.9. The van der Waals surface area contributed by atoms with Crippen molar-refractivity contribution in [3.8, 4) is 0 Å². The van der Waals surface area contributed by atoms with Crippen LogP contribution in [-0.2, 0) is 16.0 Å². The van der Waals surface area contributed by atoms with Crippen LogP contribution in [0.15, 0.2) is 18.2 Å². The van der Waals surface area contributed by atoms with E-state index in [1.165, 1.54) is 0 Å². The van der Waals surface area contributed by atoms with Gasteiger partial charge in [0.2, 0.25) is 0 Å². The number of morpholine rings is 1. The van der Waals surface area contributed by atoms with Gasteiger partial charge in [0.15, 0.2) is 0 Å². The molecule has 1 aromatic rings. The Morgan fingerprint density at radius 1 is 1.55 bits per heavy atom. The van der Waals surface area contributed by atoms with Crippen molar-refractivity contribution in [1.29, 1.82) is 0 Å². The van der Waals surface area contributed by atoms with Gasteiger partial charge in [0.05, 0.1) is 24.2 Å². The number of nitro benzene ring substituents is 1. The molecule has 0 aromatic heterocycles. The molecule has 1 aliphatic heterocycles. The zero-order valence-corrected chi connectivity index (χ0v) is 11.9. The second-order valence-corrected chi connectivity index (χ2v) is 5.06. The molecule has 6 nitrogen and oxygen atoms in total. The van der Waals surface area contributed by atoms with Crippen LogP contribution in [0.3, 0.4) is 0 Å². The van der Waals surface area contributed by atoms with Crippen LogP contribution in [0.5, 0.6) is 0 Å². The Morgan fingerprint density at radius 2 is 2.35 bits per heavy atom. The van der Waals surface area contributed by atoms with E-state index in [1.54, 1.807) is 26.2 Å². The third kappa shape index (κ3) is 3.75. The summed E-state index contributed by atoms with van der Waals surface area (Å²) in [4.78, 5) is 12.9. The van der Waals surface area contributed by atoms with E-state index in [1.807, 2.05) is 6.07 Å². The molecule has 6 heteroatoms. The molecule has 0 spiro atoms. The molecule has 1 atom stereocenters. The minimum absolute atomic E-state index is 0.0779. The summed E-state index contributed by atoms with van der Waals surface area (Å²) in [6.07, 6.45) is 0.0779. The molecule has 0 aliphatic carbocycles. The SMILES string of the molecule is COCC1CN(Cc2ccc(C)c([N+](=O)[O-])c2)CCO1. The highest BCUT2D eigenvalue weighted by molar-refractivity contribution is 5.42. The second-order valence-electron chi connectivity index (χ2n) is 5.06. The summed E-state index contributed by atoms with van der Waals surface area (Å²) in [7, 11) is 1.66. The Balaban J connectivity index is 2.02. The monoisotopic (exact) mass is 280 g/mol. The van der Waals surface area contributed by atoms with E-state index in [-0.39, 0.29) is 16.7 Å². The second kappa shape index (κ2) is 6.78. The molecule has 1 heterocycles. The first-order chi connectivity index (χ1) is 9.60. The number of rotatable bonds is 5. The minimum atomic E-state index is -0.328. The molecular weight excluding hydrogens is 260 g/mol. The van der Waals surface area contributed by atoms with Gasteiger partial charge in [0.1, 0.15) is 0 Å². The van der Waals surface area contributed by atoms with Crippen LogP contribution in [0.1, 0.15) is 11.1 Å². The first-order valence-electron chi connectivity index (χ1n) is 6.67. The average Bonchev–Trinajstić information content (AvgIpc) is 2.41. The van der Waals surface area contributed by atoms with Crippen LogP contribution in [0.25, 0.3) is 0 Å². The molecule has 1 fully saturated rings. The Labute approximate surface area is 118 Å². The van der Waals surface area contributed by atoms with E-state index in [0.717, 1.165) is 18.7 Å². The van der Waals surface area contributed by atoms with Crippen molar-refractivity contribution in [3.05, 3.63) is 39.4 Å². The first-order valence-corrected chi connectivity index (χ1v) is 6.67. The van der Waals surface area contributed by atoms with Gasteiger partial charge in [-0.05, 0) is 12.5 Å². The maximum Gasteiger partial charge on any atom is 0.272 e. The van der Waals surface area contributed by atoms with Crippen molar-refractivity contribution in [2.75, 3.05) is 33.4 Å². The Hall–Kier alpha value is -1.50. The van der Waals surface area contributed by atoms with Gasteiger partial charge in [-0.15, -0.1) is 0 Å². The fourth-order valence-electron chi connectivity index (χ4n) is 2.42. The van der Waals surface area contributed by atoms with Gasteiger partial charge in [-0.3, -0.25) is 15.0 Å². The lowest BCUT2D eigenvalue weighted by Gasteiger charge is -2.32. The summed E-state index contributed by atoms with van der Waals surface area (Å²) in [5, 5.41) is 11.0. The van der Waals surface area contributed by atoms with Gasteiger partial charge < -0.3 is 9.47 Å². The highest BCUT2D eigenvalue weighted by atomic mass is 16.6. The van der Waals surface area contributed by atoms with E-state index in [2.05, 4.69) is 4.90 Å². The highest BCUT2D eigenvalue weighted by Crippen LogP contribution is 2.20. The van der Waals surface area contributed by atoms with Gasteiger partial charge in [-0.25, -0.2) is 0 Å². The maximum absolute atomic E-state index is 11.0. The molecule has 2 rings (SSSR count). The number of hydrogen-bond donors (Lipinski definition) is 0. The highest BCUT2D eigenvalue weighted by Gasteiger charge is 2.21. The molecular formula is C14H20N2O4. The zero-order valence-electron chi connectivity index (χ0n) is 11.9. The van der Waals surface area contributed by atoms with E-state index in [0.29, 0.717) is 25.3 Å². The topological polar surface area (TPSA) is 64.8 Å². The van der Waals surface area contributed by atoms with E-state index in [9.17, 15) is 10.1 Å². The predicted octanol–water partition coefficient (Wildman–Crippen LogP) is 1.75. The summed E-state index contributed by atoms with van der Waals surface area (Å²) < 4.78 is 10.7. The van der Waals surface area contributed by atoms with Crippen LogP contribution in [0, 0.1) is 17.0 Å². The van der Waals surface area contributed by atoms with Crippen LogP contribution in [-0.4, -0.2) is 49.3 Å². The Bertz CT molecular complexity index is 476. The quantitative estimate of drug-likeness (QED) is 0.607. The van der Waals surface area contributed by atoms with Crippen molar-refractivity contribution in [2.24, 2.45) is 0 Å². The zero-order chi connectivity index (χ0) is 14.5. The maximum atomic E-state index is 11.0. The lowest BCUT2D eigenvalue weighted by Crippen LogP contribution is -2.43. The molecule has 1 aliphatic rings. The normalized spacial score (nSPS) is 20.0. The lowest BCUT2D eigenvalue weighted by molar-refractivity contribution is -0.385. The third-order valence-corrected chi connectivity index (χ3v) is 3.45. The van der Waals surface area contributed by atoms with Crippen molar-refractivity contribution in [2.45, 2.75) is 19.6 Å². The summed E-state index contributed by atoms with van der Waals surface area (Å²) in [6, 6.07) is 5.42. The van der Waals surface area contributed by atoms with E-state index >= 15 is 0 Å². The van der Waals surface area contributed by atoms with Crippen molar-refractivity contribution in [3.63, 3.8) is 0 Å². The molecule has 110 valence electrons. The lowest BCUT2D eigenvalue weighted by atomic mass is 10.1. The smallest absolute Gasteiger partial charge is 0.272 e. The van der Waals surface area contributed by atoms with Gasteiger partial charge >= 0.3 is 0 Å². The van der Waals surface area contributed by atoms with Crippen molar-refractivity contribution in [1.82, 2.24) is 4.90 Å². The molecule has 0 saturated carbocycles. The van der Waals surface area contributed by atoms with Crippen LogP contribution in [0.2, 0.25) is 0 Å². The predicted molar refractivity (Wildman–Crippen MR) is 74.7 cm³/mol. The standard InChI is InChI=1S/C14H20N2O4/c1-11-3-4-12(7-14(11)16(17)18)8-15-5-6-20-13(9-15)10-19-2/h3-4,7,13H,5-6,8-10H2,1-2H3. The summed E-state index contributed by atoms with van der Waals surface area (Å²) in [5.74, 6) is 0. The molecule has 0 bridgehead atoms. The fraction of sp³-hybridized carbons (Fsp3) is 0.571. The minimum Gasteiger partial charge on any atom is -0.382 e. The van der Waals surface area contributed by atoms with Crippen LogP contribution >= 0.6 is 0 Å². The largest absolute Gasteiger partial charge is 0.382 e. The number of benzene rings is 1. The average molecular weight is 280 g/mol. The number of hydrogen-bond acceptors (Lipinski definition) is 5. The van der Waals surface area contributed by atoms with Crippen LogP contribution in [0.4, 0.5) is 5.69 Å². The molecule has 0 radical (unpaired) electrons. The number of nitro groups is 1. The molecule has 0 amide bonds. The number of methoxy groups -OCH3 is 1. The summed E-state index contributed by atoms with van der Waals surface area (Å²) in [5.41, 5.74) is 1.84. The van der Waals surface area contributed by atoms with Crippen molar-refractivity contribution >= 4 is 5.69 Å². The molecule has 1 unspecified atom stereocenters. The Morgan fingerprint density at radius 3 is 3.05 bits per heavy atom. The third-order valence-electron chi connectivity index (χ3n) is 3.45.